The first kappa shape index (κ1) is 33.7. The first-order valence-corrected chi connectivity index (χ1v) is 13.5. The molecule has 226 valence electrons. The number of imidazole rings is 1. The number of esters is 1. The Kier molecular flexibility index (Phi) is 12.9. The van der Waals surface area contributed by atoms with Crippen LogP contribution in [0.15, 0.2) is 73.2 Å². The predicted octanol–water partition coefficient (Wildman–Crippen LogP) is 2.37. The number of amides is 2. The number of carboxylic acid groups (broad SMARTS) is 1. The van der Waals surface area contributed by atoms with Crippen LogP contribution in [-0.2, 0) is 43.2 Å². The van der Waals surface area contributed by atoms with Gasteiger partial charge in [-0.25, -0.2) is 14.6 Å². The number of aromatic amines is 1. The van der Waals surface area contributed by atoms with Crippen molar-refractivity contribution in [2.45, 2.75) is 58.2 Å². The van der Waals surface area contributed by atoms with Gasteiger partial charge in [-0.3, -0.25) is 9.59 Å². The fraction of sp³-hybridized carbons (Fsp3) is 0.387. The number of nitrogens with zero attached hydrogens (tertiary/aromatic N) is 2. The van der Waals surface area contributed by atoms with E-state index in [0.29, 0.717) is 18.5 Å². The van der Waals surface area contributed by atoms with Crippen molar-refractivity contribution in [3.8, 4) is 0 Å². The summed E-state index contributed by atoms with van der Waals surface area (Å²) in [7, 11) is 2.99. The second-order valence-corrected chi connectivity index (χ2v) is 10.9. The van der Waals surface area contributed by atoms with E-state index in [1.165, 1.54) is 24.5 Å². The number of benzene rings is 2. The maximum atomic E-state index is 12.3. The van der Waals surface area contributed by atoms with Gasteiger partial charge in [-0.1, -0.05) is 81.4 Å². The zero-order valence-electron chi connectivity index (χ0n) is 24.7. The highest BCUT2D eigenvalue weighted by molar-refractivity contribution is 5.88. The van der Waals surface area contributed by atoms with E-state index < -0.39 is 41.4 Å². The van der Waals surface area contributed by atoms with Crippen LogP contribution in [0.2, 0.25) is 0 Å². The van der Waals surface area contributed by atoms with Crippen LogP contribution in [0.4, 0.5) is 0 Å². The molecular weight excluding hydrogens is 538 g/mol. The molecule has 0 saturated carbocycles. The zero-order valence-corrected chi connectivity index (χ0v) is 24.7. The highest BCUT2D eigenvalue weighted by Crippen LogP contribution is 2.20. The first-order valence-electron chi connectivity index (χ1n) is 13.5. The molecule has 0 radical (unpaired) electrons. The minimum Gasteiger partial charge on any atom is -0.480 e. The molecule has 3 aromatic rings. The van der Waals surface area contributed by atoms with E-state index in [1.54, 1.807) is 7.05 Å². The number of ether oxygens (including phenoxy) is 1. The number of rotatable bonds is 11. The lowest BCUT2D eigenvalue weighted by molar-refractivity contribution is -0.154. The van der Waals surface area contributed by atoms with Gasteiger partial charge in [-0.2, -0.15) is 0 Å². The molecule has 11 heteroatoms. The molecular formula is C31H41N5O6. The Labute approximate surface area is 246 Å². The van der Waals surface area contributed by atoms with E-state index in [-0.39, 0.29) is 12.3 Å². The molecule has 3 rings (SSSR count). The van der Waals surface area contributed by atoms with Crippen LogP contribution < -0.4 is 11.1 Å². The molecule has 11 nitrogen and oxygen atoms in total. The van der Waals surface area contributed by atoms with E-state index in [1.807, 2.05) is 81.4 Å². The normalized spacial score (nSPS) is 13.0. The Morgan fingerprint density at radius 1 is 0.976 bits per heavy atom. The third kappa shape index (κ3) is 10.8. The summed E-state index contributed by atoms with van der Waals surface area (Å²) in [5.74, 6) is -2.08. The summed E-state index contributed by atoms with van der Waals surface area (Å²) in [6.45, 7) is 5.51. The Bertz CT molecular complexity index is 1280. The number of methoxy groups -OCH3 is 1. The predicted molar refractivity (Wildman–Crippen MR) is 158 cm³/mol. The summed E-state index contributed by atoms with van der Waals surface area (Å²) >= 11 is 0. The SMILES string of the molecule is COC(=O)[C@H](Cc1ccccc1)N(C)C(=O)C(C)(C)C.N[C@@H](Cc1ccccc1)C(=O)N[C@@H](Cc1cnc[nH]1)C(=O)O. The van der Waals surface area contributed by atoms with Crippen LogP contribution in [0, 0.1) is 5.41 Å². The van der Waals surface area contributed by atoms with Gasteiger partial charge in [0.25, 0.3) is 0 Å². The van der Waals surface area contributed by atoms with Crippen LogP contribution in [0.5, 0.6) is 0 Å². The van der Waals surface area contributed by atoms with Crippen molar-refractivity contribution < 1.29 is 29.0 Å². The van der Waals surface area contributed by atoms with Crippen molar-refractivity contribution in [1.82, 2.24) is 20.2 Å². The Morgan fingerprint density at radius 3 is 1.98 bits per heavy atom. The Hall–Kier alpha value is -4.51. The van der Waals surface area contributed by atoms with Gasteiger partial charge < -0.3 is 30.8 Å². The summed E-state index contributed by atoms with van der Waals surface area (Å²) < 4.78 is 4.84. The van der Waals surface area contributed by atoms with E-state index in [0.717, 1.165) is 11.1 Å². The van der Waals surface area contributed by atoms with Crippen LogP contribution >= 0.6 is 0 Å². The van der Waals surface area contributed by atoms with Crippen LogP contribution in [0.3, 0.4) is 0 Å². The third-order valence-corrected chi connectivity index (χ3v) is 6.40. The Balaban J connectivity index is 0.000000295. The van der Waals surface area contributed by atoms with Gasteiger partial charge in [0, 0.05) is 37.2 Å². The molecule has 0 bridgehead atoms. The summed E-state index contributed by atoms with van der Waals surface area (Å²) in [4.78, 5) is 55.7. The number of likely N-dealkylation sites (N-methyl/N-ethyl adjacent to an activating group) is 1. The van der Waals surface area contributed by atoms with Gasteiger partial charge in [0.2, 0.25) is 11.8 Å². The minimum atomic E-state index is -1.12. The van der Waals surface area contributed by atoms with Crippen LogP contribution in [-0.4, -0.2) is 76.0 Å². The lowest BCUT2D eigenvalue weighted by atomic mass is 9.93. The molecule has 0 fully saturated rings. The number of aliphatic carboxylic acids is 1. The molecule has 0 unspecified atom stereocenters. The number of H-pyrrole nitrogens is 1. The van der Waals surface area contributed by atoms with Crippen molar-refractivity contribution >= 4 is 23.8 Å². The topological polar surface area (TPSA) is 168 Å². The maximum Gasteiger partial charge on any atom is 0.328 e. The average Bonchev–Trinajstić information content (AvgIpc) is 3.48. The van der Waals surface area contributed by atoms with E-state index in [4.69, 9.17) is 10.5 Å². The summed E-state index contributed by atoms with van der Waals surface area (Å²) in [6, 6.07) is 16.5. The van der Waals surface area contributed by atoms with E-state index in [9.17, 15) is 24.3 Å². The molecule has 2 amide bonds. The largest absolute Gasteiger partial charge is 0.480 e. The molecule has 5 N–H and O–H groups in total. The zero-order chi connectivity index (χ0) is 31.3. The van der Waals surface area contributed by atoms with Crippen molar-refractivity contribution in [3.05, 3.63) is 90.0 Å². The second kappa shape index (κ2) is 16.1. The number of hydrogen-bond acceptors (Lipinski definition) is 7. The molecule has 2 aromatic carbocycles. The highest BCUT2D eigenvalue weighted by atomic mass is 16.5. The van der Waals surface area contributed by atoms with E-state index >= 15 is 0 Å². The lowest BCUT2D eigenvalue weighted by Crippen LogP contribution is -2.50. The summed E-state index contributed by atoms with van der Waals surface area (Å²) in [5.41, 5.74) is 7.86. The van der Waals surface area contributed by atoms with Crippen molar-refractivity contribution in [1.29, 1.82) is 0 Å². The van der Waals surface area contributed by atoms with Gasteiger partial charge >= 0.3 is 11.9 Å². The van der Waals surface area contributed by atoms with Crippen LogP contribution in [0.25, 0.3) is 0 Å². The number of carbonyl (C=O) groups is 4. The summed E-state index contributed by atoms with van der Waals surface area (Å²) in [5, 5.41) is 11.7. The van der Waals surface area contributed by atoms with Gasteiger partial charge in [0.15, 0.2) is 0 Å². The van der Waals surface area contributed by atoms with Crippen LogP contribution in [0.1, 0.15) is 37.6 Å². The summed E-state index contributed by atoms with van der Waals surface area (Å²) in [6.07, 6.45) is 3.90. The molecule has 0 aliphatic heterocycles. The molecule has 0 aliphatic rings. The molecule has 0 saturated heterocycles. The molecule has 0 spiro atoms. The Morgan fingerprint density at radius 2 is 1.52 bits per heavy atom. The fourth-order valence-corrected chi connectivity index (χ4v) is 4.08. The average molecular weight is 580 g/mol. The molecule has 42 heavy (non-hydrogen) atoms. The second-order valence-electron chi connectivity index (χ2n) is 10.9. The molecule has 1 aromatic heterocycles. The van der Waals surface area contributed by atoms with E-state index in [2.05, 4.69) is 15.3 Å². The number of nitrogens with two attached hydrogens (primary N) is 1. The maximum absolute atomic E-state index is 12.3. The number of aromatic nitrogens is 2. The molecule has 0 aliphatic carbocycles. The van der Waals surface area contributed by atoms with Crippen molar-refractivity contribution in [3.63, 3.8) is 0 Å². The van der Waals surface area contributed by atoms with Gasteiger partial charge in [-0.15, -0.1) is 0 Å². The number of nitrogens with one attached hydrogen (secondary N) is 2. The lowest BCUT2D eigenvalue weighted by Gasteiger charge is -2.31. The standard InChI is InChI=1S/C16H23NO3.C15H18N4O3/c1-16(2,3)15(19)17(4)13(14(18)20-5)11-12-9-7-6-8-10-12;16-12(6-10-4-2-1-3-5-10)14(20)19-13(15(21)22)7-11-8-17-9-18-11/h6-10,13H,11H2,1-5H3;1-5,8-9,12-13H,6-7,16H2,(H,17,18)(H,19,20)(H,21,22)/t13-;12-,13-/m00/s1. The van der Waals surface area contributed by atoms with Gasteiger partial charge in [-0.05, 0) is 17.5 Å². The van der Waals surface area contributed by atoms with Gasteiger partial charge in [0.05, 0.1) is 19.5 Å². The molecule has 3 atom stereocenters. The number of carbonyl (C=O) groups excluding carboxylic acids is 3. The van der Waals surface area contributed by atoms with Crippen molar-refractivity contribution in [2.75, 3.05) is 14.2 Å². The monoisotopic (exact) mass is 579 g/mol. The minimum absolute atomic E-state index is 0.0798. The fourth-order valence-electron chi connectivity index (χ4n) is 4.08. The smallest absolute Gasteiger partial charge is 0.328 e. The van der Waals surface area contributed by atoms with Crippen molar-refractivity contribution in [2.24, 2.45) is 11.1 Å². The molecule has 1 heterocycles. The first-order chi connectivity index (χ1) is 19.8. The third-order valence-electron chi connectivity index (χ3n) is 6.40. The number of hydrogen-bond donors (Lipinski definition) is 4. The highest BCUT2D eigenvalue weighted by Gasteiger charge is 2.33. The van der Waals surface area contributed by atoms with Gasteiger partial charge in [0.1, 0.15) is 12.1 Å². The number of carboxylic acids is 1. The quantitative estimate of drug-likeness (QED) is 0.251.